The van der Waals surface area contributed by atoms with E-state index < -0.39 is 23.7 Å². The van der Waals surface area contributed by atoms with Crippen molar-refractivity contribution >= 4 is 40.9 Å². The molecule has 1 aromatic carbocycles. The van der Waals surface area contributed by atoms with Crippen LogP contribution in [0.5, 0.6) is 0 Å². The quantitative estimate of drug-likeness (QED) is 0.684. The number of amides is 4. The van der Waals surface area contributed by atoms with Crippen molar-refractivity contribution in [2.24, 2.45) is 0 Å². The molecule has 4 amide bonds. The second kappa shape index (κ2) is 5.53. The van der Waals surface area contributed by atoms with Crippen molar-refractivity contribution in [3.05, 3.63) is 58.0 Å². The van der Waals surface area contributed by atoms with Gasteiger partial charge in [0.05, 0.1) is 5.69 Å². The second-order valence-corrected chi connectivity index (χ2v) is 5.43. The number of nitrogens with zero attached hydrogens (tertiary/aromatic N) is 1. The second-order valence-electron chi connectivity index (χ2n) is 4.45. The molecule has 110 valence electrons. The predicted octanol–water partition coefficient (Wildman–Crippen LogP) is 2.55. The van der Waals surface area contributed by atoms with E-state index in [-0.39, 0.29) is 11.3 Å². The molecule has 0 radical (unpaired) electrons. The lowest BCUT2D eigenvalue weighted by Crippen LogP contribution is -2.54. The highest BCUT2D eigenvalue weighted by atomic mass is 32.1. The maximum Gasteiger partial charge on any atom is 0.335 e. The highest BCUT2D eigenvalue weighted by molar-refractivity contribution is 7.10. The minimum absolute atomic E-state index is 0.147. The van der Waals surface area contributed by atoms with Gasteiger partial charge in [-0.05, 0) is 41.8 Å². The Bertz CT molecular complexity index is 782. The van der Waals surface area contributed by atoms with E-state index in [0.29, 0.717) is 4.88 Å². The molecule has 1 aliphatic heterocycles. The lowest BCUT2D eigenvalue weighted by Gasteiger charge is -2.26. The number of halogens is 1. The molecule has 2 heterocycles. The highest BCUT2D eigenvalue weighted by Crippen LogP contribution is 2.23. The third-order valence-corrected chi connectivity index (χ3v) is 3.84. The zero-order valence-electron chi connectivity index (χ0n) is 11.1. The summed E-state index contributed by atoms with van der Waals surface area (Å²) < 4.78 is 13.0. The molecule has 1 aromatic heterocycles. The number of thiophene rings is 1. The van der Waals surface area contributed by atoms with E-state index in [1.54, 1.807) is 17.5 Å². The molecule has 2 aromatic rings. The van der Waals surface area contributed by atoms with Crippen LogP contribution < -0.4 is 10.2 Å². The van der Waals surface area contributed by atoms with Gasteiger partial charge in [0.15, 0.2) is 0 Å². The molecule has 0 spiro atoms. The van der Waals surface area contributed by atoms with Gasteiger partial charge in [-0.25, -0.2) is 14.1 Å². The van der Waals surface area contributed by atoms with Crippen molar-refractivity contribution in [2.75, 3.05) is 4.90 Å². The van der Waals surface area contributed by atoms with Crippen molar-refractivity contribution in [1.82, 2.24) is 5.32 Å². The smallest absolute Gasteiger partial charge is 0.273 e. The molecule has 1 saturated heterocycles. The Morgan fingerprint density at radius 2 is 1.82 bits per heavy atom. The number of imide groups is 2. The maximum atomic E-state index is 13.0. The third kappa shape index (κ3) is 2.53. The van der Waals surface area contributed by atoms with Crippen LogP contribution >= 0.6 is 11.3 Å². The zero-order valence-corrected chi connectivity index (χ0v) is 11.9. The molecule has 1 fully saturated rings. The summed E-state index contributed by atoms with van der Waals surface area (Å²) in [4.78, 5) is 37.7. The first kappa shape index (κ1) is 14.2. The highest BCUT2D eigenvalue weighted by Gasteiger charge is 2.36. The molecular formula is C15H9FN2O3S. The number of urea groups is 1. The number of nitrogens with one attached hydrogen (secondary N) is 1. The van der Waals surface area contributed by atoms with Crippen molar-refractivity contribution < 1.29 is 18.8 Å². The van der Waals surface area contributed by atoms with Crippen LogP contribution in [0.25, 0.3) is 6.08 Å². The summed E-state index contributed by atoms with van der Waals surface area (Å²) in [7, 11) is 0. The number of rotatable bonds is 2. The summed E-state index contributed by atoms with van der Waals surface area (Å²) in [5.74, 6) is -1.98. The molecular weight excluding hydrogens is 307 g/mol. The fourth-order valence-corrected chi connectivity index (χ4v) is 2.66. The number of carbonyl (C=O) groups excluding carboxylic acids is 3. The van der Waals surface area contributed by atoms with Crippen LogP contribution in [0.15, 0.2) is 47.4 Å². The standard InChI is InChI=1S/C15H9FN2O3S/c16-9-3-5-10(6-4-9)18-14(20)12(13(19)17-15(18)21)8-11-2-1-7-22-11/h1-8H,(H,17,19,21)/b12-8-. The topological polar surface area (TPSA) is 66.5 Å². The molecule has 7 heteroatoms. The van der Waals surface area contributed by atoms with Crippen LogP contribution in [0.2, 0.25) is 0 Å². The average Bonchev–Trinajstić information content (AvgIpc) is 2.98. The van der Waals surface area contributed by atoms with Crippen molar-refractivity contribution in [3.63, 3.8) is 0 Å². The van der Waals surface area contributed by atoms with Crippen LogP contribution in [0.1, 0.15) is 4.88 Å². The van der Waals surface area contributed by atoms with Gasteiger partial charge in [-0.1, -0.05) is 6.07 Å². The summed E-state index contributed by atoms with van der Waals surface area (Å²) >= 11 is 1.36. The number of barbiturate groups is 1. The Balaban J connectivity index is 2.01. The van der Waals surface area contributed by atoms with Crippen molar-refractivity contribution in [2.45, 2.75) is 0 Å². The molecule has 0 atom stereocenters. The maximum absolute atomic E-state index is 13.0. The van der Waals surface area contributed by atoms with Crippen LogP contribution in [0, 0.1) is 5.82 Å². The Morgan fingerprint density at radius 3 is 2.45 bits per heavy atom. The summed E-state index contributed by atoms with van der Waals surface area (Å²) in [5.41, 5.74) is 0.0415. The van der Waals surface area contributed by atoms with Gasteiger partial charge in [-0.2, -0.15) is 0 Å². The van der Waals surface area contributed by atoms with E-state index in [2.05, 4.69) is 5.32 Å². The summed E-state index contributed by atoms with van der Waals surface area (Å²) in [6.07, 6.45) is 1.42. The first-order chi connectivity index (χ1) is 10.6. The van der Waals surface area contributed by atoms with Gasteiger partial charge in [0.2, 0.25) is 0 Å². The van der Waals surface area contributed by atoms with Crippen LogP contribution in [0.3, 0.4) is 0 Å². The Kier molecular flexibility index (Phi) is 3.56. The third-order valence-electron chi connectivity index (χ3n) is 3.02. The Labute approximate surface area is 128 Å². The monoisotopic (exact) mass is 316 g/mol. The first-order valence-electron chi connectivity index (χ1n) is 6.27. The van der Waals surface area contributed by atoms with E-state index in [4.69, 9.17) is 0 Å². The molecule has 3 rings (SSSR count). The predicted molar refractivity (Wildman–Crippen MR) is 79.7 cm³/mol. The molecule has 1 aliphatic rings. The van der Waals surface area contributed by atoms with Crippen LogP contribution in [-0.4, -0.2) is 17.8 Å². The molecule has 0 aliphatic carbocycles. The minimum Gasteiger partial charge on any atom is -0.273 e. The average molecular weight is 316 g/mol. The van der Waals surface area contributed by atoms with E-state index in [9.17, 15) is 18.8 Å². The van der Waals surface area contributed by atoms with Gasteiger partial charge in [0.1, 0.15) is 11.4 Å². The number of benzene rings is 1. The fourth-order valence-electron chi connectivity index (χ4n) is 2.00. The van der Waals surface area contributed by atoms with E-state index >= 15 is 0 Å². The Morgan fingerprint density at radius 1 is 1.09 bits per heavy atom. The fraction of sp³-hybridized carbons (Fsp3) is 0. The van der Waals surface area contributed by atoms with Crippen molar-refractivity contribution in [1.29, 1.82) is 0 Å². The van der Waals surface area contributed by atoms with Gasteiger partial charge < -0.3 is 0 Å². The summed E-state index contributed by atoms with van der Waals surface area (Å²) in [5, 5.41) is 3.91. The number of carbonyl (C=O) groups is 3. The molecule has 0 saturated carbocycles. The van der Waals surface area contributed by atoms with Gasteiger partial charge in [-0.15, -0.1) is 11.3 Å². The van der Waals surface area contributed by atoms with Gasteiger partial charge >= 0.3 is 6.03 Å². The summed E-state index contributed by atoms with van der Waals surface area (Å²) in [6.45, 7) is 0. The van der Waals surface area contributed by atoms with E-state index in [1.807, 2.05) is 0 Å². The molecule has 1 N–H and O–H groups in total. The number of anilines is 1. The van der Waals surface area contributed by atoms with Crippen LogP contribution in [-0.2, 0) is 9.59 Å². The Hall–Kier alpha value is -2.80. The zero-order chi connectivity index (χ0) is 15.7. The lowest BCUT2D eigenvalue weighted by atomic mass is 10.1. The molecule has 5 nitrogen and oxygen atoms in total. The van der Waals surface area contributed by atoms with Gasteiger partial charge in [0.25, 0.3) is 11.8 Å². The number of hydrogen-bond donors (Lipinski definition) is 1. The largest absolute Gasteiger partial charge is 0.335 e. The van der Waals surface area contributed by atoms with E-state index in [0.717, 1.165) is 17.0 Å². The lowest BCUT2D eigenvalue weighted by molar-refractivity contribution is -0.122. The molecule has 0 unspecified atom stereocenters. The SMILES string of the molecule is O=C1NC(=O)N(c2ccc(F)cc2)C(=O)/C1=C\c1cccs1. The van der Waals surface area contributed by atoms with Crippen LogP contribution in [0.4, 0.5) is 14.9 Å². The normalized spacial score (nSPS) is 17.0. The van der Waals surface area contributed by atoms with Gasteiger partial charge in [0, 0.05) is 4.88 Å². The number of hydrogen-bond acceptors (Lipinski definition) is 4. The summed E-state index contributed by atoms with van der Waals surface area (Å²) in [6, 6.07) is 7.54. The minimum atomic E-state index is -0.857. The molecule has 0 bridgehead atoms. The first-order valence-corrected chi connectivity index (χ1v) is 7.15. The van der Waals surface area contributed by atoms with E-state index in [1.165, 1.54) is 29.5 Å². The van der Waals surface area contributed by atoms with Crippen molar-refractivity contribution in [3.8, 4) is 0 Å². The molecule has 22 heavy (non-hydrogen) atoms. The van der Waals surface area contributed by atoms with Gasteiger partial charge in [-0.3, -0.25) is 14.9 Å².